The van der Waals surface area contributed by atoms with Gasteiger partial charge in [0.05, 0.1) is 12.3 Å². The highest BCUT2D eigenvalue weighted by atomic mass is 16.5. The molecule has 0 radical (unpaired) electrons. The van der Waals surface area contributed by atoms with Gasteiger partial charge in [-0.3, -0.25) is 9.58 Å². The van der Waals surface area contributed by atoms with Gasteiger partial charge in [0.2, 0.25) is 0 Å². The Kier molecular flexibility index (Phi) is 4.81. The number of hydrogen-bond donors (Lipinski definition) is 0. The summed E-state index contributed by atoms with van der Waals surface area (Å²) in [4.78, 5) is 6.83. The average molecular weight is 324 g/mol. The molecule has 5 heteroatoms. The van der Waals surface area contributed by atoms with Crippen LogP contribution in [0.4, 0.5) is 0 Å². The molecule has 24 heavy (non-hydrogen) atoms. The van der Waals surface area contributed by atoms with Crippen LogP contribution in [0.3, 0.4) is 0 Å². The molecule has 0 atom stereocenters. The molecule has 1 aromatic carbocycles. The summed E-state index contributed by atoms with van der Waals surface area (Å²) >= 11 is 0. The molecule has 0 aliphatic heterocycles. The van der Waals surface area contributed by atoms with Crippen molar-refractivity contribution in [2.75, 3.05) is 13.7 Å². The van der Waals surface area contributed by atoms with Gasteiger partial charge in [-0.15, -0.1) is 0 Å². The van der Waals surface area contributed by atoms with Crippen molar-refractivity contribution >= 4 is 11.0 Å². The highest BCUT2D eigenvalue weighted by Crippen LogP contribution is 2.18. The zero-order valence-corrected chi connectivity index (χ0v) is 14.8. The van der Waals surface area contributed by atoms with Gasteiger partial charge in [0.1, 0.15) is 5.75 Å². The third kappa shape index (κ3) is 3.57. The molecule has 0 unspecified atom stereocenters. The maximum absolute atomic E-state index is 5.49. The van der Waals surface area contributed by atoms with Crippen LogP contribution in [0.2, 0.25) is 0 Å². The topological polar surface area (TPSA) is 43.2 Å². The van der Waals surface area contributed by atoms with Crippen molar-refractivity contribution in [1.82, 2.24) is 19.7 Å². The molecule has 0 N–H and O–H groups in total. The summed E-state index contributed by atoms with van der Waals surface area (Å²) in [5.74, 6) is 0.922. The second-order valence-electron chi connectivity index (χ2n) is 6.17. The van der Waals surface area contributed by atoms with Gasteiger partial charge in [0, 0.05) is 31.7 Å². The summed E-state index contributed by atoms with van der Waals surface area (Å²) in [5.41, 5.74) is 4.43. The molecule has 0 fully saturated rings. The third-order valence-corrected chi connectivity index (χ3v) is 4.06. The fourth-order valence-corrected chi connectivity index (χ4v) is 2.97. The van der Waals surface area contributed by atoms with Gasteiger partial charge in [0.25, 0.3) is 0 Å². The molecule has 0 aliphatic carbocycles. The zero-order chi connectivity index (χ0) is 17.1. The van der Waals surface area contributed by atoms with E-state index in [0.717, 1.165) is 35.6 Å². The summed E-state index contributed by atoms with van der Waals surface area (Å²) in [6.07, 6.45) is 1.94. The molecule has 5 nitrogen and oxygen atoms in total. The first-order valence-electron chi connectivity index (χ1n) is 8.25. The van der Waals surface area contributed by atoms with Gasteiger partial charge in [-0.25, -0.2) is 4.98 Å². The lowest BCUT2D eigenvalue weighted by Crippen LogP contribution is -2.17. The molecule has 0 spiro atoms. The first-order valence-corrected chi connectivity index (χ1v) is 8.25. The first-order chi connectivity index (χ1) is 11.6. The number of rotatable bonds is 6. The standard InChI is InChI=1S/C19H24N4O/c1-5-24-17-8-6-15(7-9-17)12-22(3)13-16-10-18-14(2)21-23(4)19(18)20-11-16/h6-11H,5,12-13H2,1-4H3. The number of ether oxygens (including phenoxy) is 1. The Morgan fingerprint density at radius 1 is 1.12 bits per heavy atom. The molecular formula is C19H24N4O. The average Bonchev–Trinajstić information content (AvgIpc) is 2.84. The van der Waals surface area contributed by atoms with Gasteiger partial charge < -0.3 is 4.74 Å². The molecule has 0 aliphatic rings. The summed E-state index contributed by atoms with van der Waals surface area (Å²) in [5, 5.41) is 5.56. The number of hydrogen-bond acceptors (Lipinski definition) is 4. The second-order valence-corrected chi connectivity index (χ2v) is 6.17. The Labute approximate surface area is 142 Å². The number of benzene rings is 1. The van der Waals surface area contributed by atoms with Crippen molar-refractivity contribution in [3.05, 3.63) is 53.3 Å². The van der Waals surface area contributed by atoms with Crippen LogP contribution >= 0.6 is 0 Å². The van der Waals surface area contributed by atoms with E-state index in [1.807, 2.05) is 43.9 Å². The van der Waals surface area contributed by atoms with Gasteiger partial charge >= 0.3 is 0 Å². The van der Waals surface area contributed by atoms with E-state index in [4.69, 9.17) is 4.74 Å². The summed E-state index contributed by atoms with van der Waals surface area (Å²) < 4.78 is 7.32. The van der Waals surface area contributed by atoms with Gasteiger partial charge in [-0.1, -0.05) is 12.1 Å². The van der Waals surface area contributed by atoms with Crippen LogP contribution in [-0.2, 0) is 20.1 Å². The Bertz CT molecular complexity index is 823. The highest BCUT2D eigenvalue weighted by Gasteiger charge is 2.09. The van der Waals surface area contributed by atoms with E-state index in [1.165, 1.54) is 11.1 Å². The Hall–Kier alpha value is -2.40. The van der Waals surface area contributed by atoms with E-state index in [-0.39, 0.29) is 0 Å². The van der Waals surface area contributed by atoms with E-state index in [1.54, 1.807) is 0 Å². The lowest BCUT2D eigenvalue weighted by molar-refractivity contribution is 0.317. The molecular weight excluding hydrogens is 300 g/mol. The van der Waals surface area contributed by atoms with Gasteiger partial charge in [-0.05, 0) is 50.2 Å². The number of nitrogens with zero attached hydrogens (tertiary/aromatic N) is 4. The summed E-state index contributed by atoms with van der Waals surface area (Å²) in [6.45, 7) is 6.46. The number of aromatic nitrogens is 3. The van der Waals surface area contributed by atoms with Gasteiger partial charge in [0.15, 0.2) is 5.65 Å². The number of aryl methyl sites for hydroxylation is 2. The van der Waals surface area contributed by atoms with Crippen LogP contribution in [0.1, 0.15) is 23.7 Å². The lowest BCUT2D eigenvalue weighted by atomic mass is 10.1. The van der Waals surface area contributed by atoms with Crippen LogP contribution < -0.4 is 4.74 Å². The van der Waals surface area contributed by atoms with Crippen LogP contribution in [0.15, 0.2) is 36.5 Å². The fraction of sp³-hybridized carbons (Fsp3) is 0.368. The van der Waals surface area contributed by atoms with Crippen molar-refractivity contribution in [2.24, 2.45) is 7.05 Å². The summed E-state index contributed by atoms with van der Waals surface area (Å²) in [7, 11) is 4.05. The van der Waals surface area contributed by atoms with Crippen LogP contribution in [0.25, 0.3) is 11.0 Å². The largest absolute Gasteiger partial charge is 0.494 e. The third-order valence-electron chi connectivity index (χ3n) is 4.06. The highest BCUT2D eigenvalue weighted by molar-refractivity contribution is 5.78. The molecule has 2 aromatic heterocycles. The molecule has 126 valence electrons. The number of fused-ring (bicyclic) bond motifs is 1. The quantitative estimate of drug-likeness (QED) is 0.698. The predicted octanol–water partition coefficient (Wildman–Crippen LogP) is 3.31. The maximum atomic E-state index is 5.49. The fourth-order valence-electron chi connectivity index (χ4n) is 2.97. The SMILES string of the molecule is CCOc1ccc(CN(C)Cc2cnc3c(c2)c(C)nn3C)cc1. The summed E-state index contributed by atoms with van der Waals surface area (Å²) in [6, 6.07) is 10.5. The molecule has 0 bridgehead atoms. The molecule has 0 amide bonds. The molecule has 0 saturated heterocycles. The minimum absolute atomic E-state index is 0.697. The molecule has 0 saturated carbocycles. The Balaban J connectivity index is 1.68. The van der Waals surface area contributed by atoms with Crippen molar-refractivity contribution in [1.29, 1.82) is 0 Å². The van der Waals surface area contributed by atoms with E-state index in [2.05, 4.69) is 40.2 Å². The monoisotopic (exact) mass is 324 g/mol. The minimum Gasteiger partial charge on any atom is -0.494 e. The van der Waals surface area contributed by atoms with E-state index >= 15 is 0 Å². The van der Waals surface area contributed by atoms with Crippen molar-refractivity contribution in [3.63, 3.8) is 0 Å². The Morgan fingerprint density at radius 2 is 1.83 bits per heavy atom. The molecule has 3 aromatic rings. The van der Waals surface area contributed by atoms with E-state index in [0.29, 0.717) is 6.61 Å². The molecule has 2 heterocycles. The molecule has 3 rings (SSSR count). The van der Waals surface area contributed by atoms with E-state index in [9.17, 15) is 0 Å². The predicted molar refractivity (Wildman–Crippen MR) is 96.0 cm³/mol. The first kappa shape index (κ1) is 16.5. The second kappa shape index (κ2) is 7.01. The van der Waals surface area contributed by atoms with Gasteiger partial charge in [-0.2, -0.15) is 5.10 Å². The van der Waals surface area contributed by atoms with Crippen molar-refractivity contribution in [3.8, 4) is 5.75 Å². The lowest BCUT2D eigenvalue weighted by Gasteiger charge is -2.17. The van der Waals surface area contributed by atoms with Crippen LogP contribution in [0, 0.1) is 6.92 Å². The zero-order valence-electron chi connectivity index (χ0n) is 14.8. The smallest absolute Gasteiger partial charge is 0.157 e. The van der Waals surface area contributed by atoms with Crippen molar-refractivity contribution in [2.45, 2.75) is 26.9 Å². The van der Waals surface area contributed by atoms with Crippen LogP contribution in [0.5, 0.6) is 5.75 Å². The minimum atomic E-state index is 0.697. The number of pyridine rings is 1. The normalized spacial score (nSPS) is 11.4. The Morgan fingerprint density at radius 3 is 2.54 bits per heavy atom. The van der Waals surface area contributed by atoms with Crippen molar-refractivity contribution < 1.29 is 4.74 Å². The van der Waals surface area contributed by atoms with E-state index < -0.39 is 0 Å². The van der Waals surface area contributed by atoms with Crippen LogP contribution in [-0.4, -0.2) is 33.3 Å². The maximum Gasteiger partial charge on any atom is 0.157 e.